The lowest BCUT2D eigenvalue weighted by atomic mass is 10.0. The van der Waals surface area contributed by atoms with Gasteiger partial charge in [-0.1, -0.05) is 25.1 Å². The Labute approximate surface area is 85.7 Å². The summed E-state index contributed by atoms with van der Waals surface area (Å²) in [6, 6.07) is 9.09. The zero-order valence-electron chi connectivity index (χ0n) is 8.90. The molecule has 0 aliphatic carbocycles. The van der Waals surface area contributed by atoms with Gasteiger partial charge in [-0.25, -0.2) is 0 Å². The van der Waals surface area contributed by atoms with E-state index >= 15 is 0 Å². The van der Waals surface area contributed by atoms with Crippen LogP contribution in [0.15, 0.2) is 24.3 Å². The van der Waals surface area contributed by atoms with Crippen molar-refractivity contribution in [2.24, 2.45) is 5.73 Å². The molecule has 1 aliphatic heterocycles. The Morgan fingerprint density at radius 1 is 1.50 bits per heavy atom. The number of nitrogens with two attached hydrogens (primary N) is 1. The zero-order chi connectivity index (χ0) is 10.1. The van der Waals surface area contributed by atoms with Crippen LogP contribution in [0, 0.1) is 0 Å². The molecule has 0 bridgehead atoms. The average molecular weight is 190 g/mol. The molecule has 2 atom stereocenters. The van der Waals surface area contributed by atoms with Crippen molar-refractivity contribution in [3.05, 3.63) is 29.8 Å². The number of anilines is 1. The highest BCUT2D eigenvalue weighted by Gasteiger charge is 2.27. The molecule has 0 radical (unpaired) electrons. The van der Waals surface area contributed by atoms with Crippen LogP contribution in [-0.4, -0.2) is 19.1 Å². The Balaban J connectivity index is 2.34. The third kappa shape index (κ3) is 1.40. The summed E-state index contributed by atoms with van der Waals surface area (Å²) in [5, 5.41) is 0. The molecule has 0 fully saturated rings. The summed E-state index contributed by atoms with van der Waals surface area (Å²) < 4.78 is 0. The van der Waals surface area contributed by atoms with Crippen LogP contribution in [0.5, 0.6) is 0 Å². The van der Waals surface area contributed by atoms with E-state index in [2.05, 4.69) is 43.0 Å². The molecule has 2 rings (SSSR count). The van der Waals surface area contributed by atoms with Crippen molar-refractivity contribution in [2.75, 3.05) is 18.0 Å². The van der Waals surface area contributed by atoms with Crippen LogP contribution < -0.4 is 10.6 Å². The molecule has 2 heteroatoms. The zero-order valence-corrected chi connectivity index (χ0v) is 8.90. The minimum absolute atomic E-state index is 0.445. The molecule has 1 aromatic rings. The molecule has 1 heterocycles. The Bertz CT molecular complexity index is 322. The largest absolute Gasteiger partial charge is 0.367 e. The highest BCUT2D eigenvalue weighted by Crippen LogP contribution is 2.36. The average Bonchev–Trinajstić information content (AvgIpc) is 2.56. The maximum absolute atomic E-state index is 5.71. The minimum Gasteiger partial charge on any atom is -0.367 e. The fourth-order valence-electron chi connectivity index (χ4n) is 2.20. The Hall–Kier alpha value is -1.02. The normalized spacial score (nSPS) is 22.2. The fraction of sp³-hybridized carbons (Fsp3) is 0.500. The van der Waals surface area contributed by atoms with Gasteiger partial charge in [-0.2, -0.15) is 0 Å². The number of hydrogen-bond acceptors (Lipinski definition) is 2. The summed E-state index contributed by atoms with van der Waals surface area (Å²) in [5.41, 5.74) is 8.55. The van der Waals surface area contributed by atoms with Gasteiger partial charge in [0.05, 0.1) is 0 Å². The van der Waals surface area contributed by atoms with Crippen LogP contribution in [0.1, 0.15) is 25.3 Å². The van der Waals surface area contributed by atoms with Crippen LogP contribution in [0.4, 0.5) is 5.69 Å². The molecule has 0 aromatic heterocycles. The quantitative estimate of drug-likeness (QED) is 0.772. The number of para-hydroxylation sites is 1. The van der Waals surface area contributed by atoms with Crippen molar-refractivity contribution in [1.82, 2.24) is 0 Å². The van der Waals surface area contributed by atoms with Gasteiger partial charge in [0.2, 0.25) is 0 Å². The van der Waals surface area contributed by atoms with Crippen molar-refractivity contribution in [1.29, 1.82) is 0 Å². The van der Waals surface area contributed by atoms with Crippen LogP contribution in [0.2, 0.25) is 0 Å². The van der Waals surface area contributed by atoms with E-state index in [0.29, 0.717) is 12.0 Å². The van der Waals surface area contributed by atoms with E-state index in [-0.39, 0.29) is 0 Å². The first-order valence-electron chi connectivity index (χ1n) is 5.29. The molecule has 14 heavy (non-hydrogen) atoms. The highest BCUT2D eigenvalue weighted by atomic mass is 15.2. The van der Waals surface area contributed by atoms with Gasteiger partial charge < -0.3 is 10.6 Å². The number of nitrogens with zero attached hydrogens (tertiary/aromatic N) is 1. The summed E-state index contributed by atoms with van der Waals surface area (Å²) in [6.45, 7) is 6.30. The van der Waals surface area contributed by atoms with Crippen molar-refractivity contribution >= 4 is 5.69 Å². The van der Waals surface area contributed by atoms with E-state index in [1.807, 2.05) is 0 Å². The number of rotatable bonds is 2. The lowest BCUT2D eigenvalue weighted by Gasteiger charge is -2.26. The summed E-state index contributed by atoms with van der Waals surface area (Å²) >= 11 is 0. The van der Waals surface area contributed by atoms with E-state index < -0.39 is 0 Å². The van der Waals surface area contributed by atoms with E-state index in [1.54, 1.807) is 0 Å². The second kappa shape index (κ2) is 3.62. The maximum atomic E-state index is 5.71. The number of fused-ring (bicyclic) bond motifs is 1. The highest BCUT2D eigenvalue weighted by molar-refractivity contribution is 5.60. The first kappa shape index (κ1) is 9.53. The third-order valence-electron chi connectivity index (χ3n) is 3.12. The molecular weight excluding hydrogens is 172 g/mol. The molecule has 2 N–H and O–H groups in total. The van der Waals surface area contributed by atoms with Crippen molar-refractivity contribution in [2.45, 2.75) is 25.8 Å². The van der Waals surface area contributed by atoms with Crippen LogP contribution in [0.25, 0.3) is 0 Å². The molecule has 76 valence electrons. The van der Waals surface area contributed by atoms with Gasteiger partial charge in [-0.3, -0.25) is 0 Å². The van der Waals surface area contributed by atoms with Gasteiger partial charge in [-0.15, -0.1) is 0 Å². The van der Waals surface area contributed by atoms with Gasteiger partial charge >= 0.3 is 0 Å². The third-order valence-corrected chi connectivity index (χ3v) is 3.12. The monoisotopic (exact) mass is 190 g/mol. The minimum atomic E-state index is 0.445. The first-order chi connectivity index (χ1) is 6.74. The van der Waals surface area contributed by atoms with Gasteiger partial charge in [-0.05, 0) is 18.6 Å². The second-order valence-electron chi connectivity index (χ2n) is 4.20. The number of hydrogen-bond donors (Lipinski definition) is 1. The smallest absolute Gasteiger partial charge is 0.0405 e. The molecule has 0 amide bonds. The lowest BCUT2D eigenvalue weighted by molar-refractivity contribution is 0.636. The van der Waals surface area contributed by atoms with Crippen LogP contribution in [-0.2, 0) is 0 Å². The summed E-state index contributed by atoms with van der Waals surface area (Å²) in [4.78, 5) is 2.42. The molecule has 0 saturated carbocycles. The summed E-state index contributed by atoms with van der Waals surface area (Å²) in [6.07, 6.45) is 0. The molecule has 2 unspecified atom stereocenters. The molecule has 0 saturated heterocycles. The fourth-order valence-corrected chi connectivity index (χ4v) is 2.20. The van der Waals surface area contributed by atoms with Crippen LogP contribution in [0.3, 0.4) is 0 Å². The topological polar surface area (TPSA) is 29.3 Å². The molecule has 1 aliphatic rings. The standard InChI is InChI=1S/C12H18N2/c1-9-8-14(10(2)7-13)12-6-4-3-5-11(9)12/h3-6,9-10H,7-8,13H2,1-2H3. The molecular formula is C12H18N2. The maximum Gasteiger partial charge on any atom is 0.0405 e. The van der Waals surface area contributed by atoms with E-state index in [4.69, 9.17) is 5.73 Å². The predicted octanol–water partition coefficient (Wildman–Crippen LogP) is 1.96. The van der Waals surface area contributed by atoms with Gasteiger partial charge in [0.25, 0.3) is 0 Å². The Morgan fingerprint density at radius 3 is 2.93 bits per heavy atom. The second-order valence-corrected chi connectivity index (χ2v) is 4.20. The Kier molecular flexibility index (Phi) is 2.46. The summed E-state index contributed by atoms with van der Waals surface area (Å²) in [5.74, 6) is 0.639. The van der Waals surface area contributed by atoms with Gasteiger partial charge in [0.15, 0.2) is 0 Å². The lowest BCUT2D eigenvalue weighted by Crippen LogP contribution is -2.37. The summed E-state index contributed by atoms with van der Waals surface area (Å²) in [7, 11) is 0. The Morgan fingerprint density at radius 2 is 2.21 bits per heavy atom. The van der Waals surface area contributed by atoms with E-state index in [0.717, 1.165) is 13.1 Å². The van der Waals surface area contributed by atoms with Crippen molar-refractivity contribution in [3.63, 3.8) is 0 Å². The van der Waals surface area contributed by atoms with Crippen LogP contribution >= 0.6 is 0 Å². The van der Waals surface area contributed by atoms with E-state index in [1.165, 1.54) is 11.3 Å². The molecule has 1 aromatic carbocycles. The van der Waals surface area contributed by atoms with Gasteiger partial charge in [0.1, 0.15) is 0 Å². The van der Waals surface area contributed by atoms with E-state index in [9.17, 15) is 0 Å². The first-order valence-corrected chi connectivity index (χ1v) is 5.29. The number of benzene rings is 1. The van der Waals surface area contributed by atoms with Crippen molar-refractivity contribution < 1.29 is 0 Å². The van der Waals surface area contributed by atoms with Gasteiger partial charge in [0, 0.05) is 30.7 Å². The molecule has 2 nitrogen and oxygen atoms in total. The SMILES string of the molecule is CC1CN(C(C)CN)c2ccccc21. The van der Waals surface area contributed by atoms with Crippen molar-refractivity contribution in [3.8, 4) is 0 Å². The predicted molar refractivity (Wildman–Crippen MR) is 60.7 cm³/mol. The molecule has 0 spiro atoms.